The molecule has 0 heterocycles. The number of benzene rings is 2. The number of methoxy groups -OCH3 is 1. The van der Waals surface area contributed by atoms with Crippen molar-refractivity contribution in [2.45, 2.75) is 32.7 Å². The summed E-state index contributed by atoms with van der Waals surface area (Å²) in [5, 5.41) is 6.80. The molecule has 2 aromatic carbocycles. The highest BCUT2D eigenvalue weighted by Gasteiger charge is 2.12. The van der Waals surface area contributed by atoms with E-state index in [-0.39, 0.29) is 12.0 Å². The van der Waals surface area contributed by atoms with Crippen LogP contribution in [0.3, 0.4) is 0 Å². The van der Waals surface area contributed by atoms with Crippen LogP contribution in [-0.4, -0.2) is 26.2 Å². The summed E-state index contributed by atoms with van der Waals surface area (Å²) >= 11 is 0. The van der Waals surface area contributed by atoms with Crippen molar-refractivity contribution in [2.24, 2.45) is 4.99 Å². The molecule has 2 unspecified atom stereocenters. The van der Waals surface area contributed by atoms with E-state index in [4.69, 9.17) is 9.73 Å². The lowest BCUT2D eigenvalue weighted by Gasteiger charge is -2.19. The zero-order valence-electron chi connectivity index (χ0n) is 15.6. The SMILES string of the molecule is CCNC(=NCC(C)c1ccccc1OC)NC(C)c1ccccc1. The maximum Gasteiger partial charge on any atom is 0.191 e. The highest BCUT2D eigenvalue weighted by molar-refractivity contribution is 5.80. The molecule has 0 bridgehead atoms. The Balaban J connectivity index is 2.06. The number of nitrogens with zero attached hydrogens (tertiary/aromatic N) is 1. The van der Waals surface area contributed by atoms with Gasteiger partial charge in [-0.15, -0.1) is 0 Å². The lowest BCUT2D eigenvalue weighted by Crippen LogP contribution is -2.39. The number of rotatable bonds is 7. The van der Waals surface area contributed by atoms with Crippen LogP contribution in [0.15, 0.2) is 59.6 Å². The Morgan fingerprint density at radius 1 is 1.04 bits per heavy atom. The van der Waals surface area contributed by atoms with Gasteiger partial charge in [-0.3, -0.25) is 4.99 Å². The van der Waals surface area contributed by atoms with Gasteiger partial charge in [-0.25, -0.2) is 0 Å². The van der Waals surface area contributed by atoms with E-state index >= 15 is 0 Å². The monoisotopic (exact) mass is 339 g/mol. The Bertz CT molecular complexity index is 670. The van der Waals surface area contributed by atoms with Crippen molar-refractivity contribution >= 4 is 5.96 Å². The number of para-hydroxylation sites is 1. The van der Waals surface area contributed by atoms with E-state index in [0.29, 0.717) is 6.54 Å². The summed E-state index contributed by atoms with van der Waals surface area (Å²) in [6.07, 6.45) is 0. The first-order valence-electron chi connectivity index (χ1n) is 8.88. The van der Waals surface area contributed by atoms with Crippen LogP contribution in [0.25, 0.3) is 0 Å². The molecule has 0 aliphatic heterocycles. The largest absolute Gasteiger partial charge is 0.496 e. The van der Waals surface area contributed by atoms with Crippen molar-refractivity contribution in [1.29, 1.82) is 0 Å². The second-order valence-electron chi connectivity index (χ2n) is 6.14. The van der Waals surface area contributed by atoms with Gasteiger partial charge in [-0.2, -0.15) is 0 Å². The van der Waals surface area contributed by atoms with Crippen molar-refractivity contribution in [3.63, 3.8) is 0 Å². The maximum absolute atomic E-state index is 5.46. The van der Waals surface area contributed by atoms with E-state index in [2.05, 4.69) is 61.7 Å². The minimum absolute atomic E-state index is 0.195. The van der Waals surface area contributed by atoms with Gasteiger partial charge in [0.1, 0.15) is 5.75 Å². The van der Waals surface area contributed by atoms with Crippen molar-refractivity contribution in [2.75, 3.05) is 20.2 Å². The number of hydrogen-bond donors (Lipinski definition) is 2. The predicted molar refractivity (Wildman–Crippen MR) is 105 cm³/mol. The number of aliphatic imine (C=N–C) groups is 1. The van der Waals surface area contributed by atoms with Crippen LogP contribution in [0.1, 0.15) is 43.9 Å². The zero-order valence-corrected chi connectivity index (χ0v) is 15.6. The van der Waals surface area contributed by atoms with Gasteiger partial charge < -0.3 is 15.4 Å². The number of nitrogens with one attached hydrogen (secondary N) is 2. The Morgan fingerprint density at radius 3 is 2.40 bits per heavy atom. The summed E-state index contributed by atoms with van der Waals surface area (Å²) in [4.78, 5) is 4.77. The Hall–Kier alpha value is -2.49. The molecule has 0 amide bonds. The summed E-state index contributed by atoms with van der Waals surface area (Å²) in [6.45, 7) is 7.92. The van der Waals surface area contributed by atoms with E-state index in [1.54, 1.807) is 7.11 Å². The fourth-order valence-electron chi connectivity index (χ4n) is 2.75. The molecule has 2 aromatic rings. The molecule has 25 heavy (non-hydrogen) atoms. The Kier molecular flexibility index (Phi) is 7.33. The van der Waals surface area contributed by atoms with Crippen LogP contribution in [-0.2, 0) is 0 Å². The second kappa shape index (κ2) is 9.72. The quantitative estimate of drug-likeness (QED) is 0.589. The smallest absolute Gasteiger partial charge is 0.191 e. The average molecular weight is 339 g/mol. The van der Waals surface area contributed by atoms with Crippen LogP contribution < -0.4 is 15.4 Å². The summed E-state index contributed by atoms with van der Waals surface area (Å²) in [7, 11) is 1.71. The molecule has 2 atom stereocenters. The van der Waals surface area contributed by atoms with Gasteiger partial charge in [0.25, 0.3) is 0 Å². The molecule has 4 nitrogen and oxygen atoms in total. The van der Waals surface area contributed by atoms with Gasteiger partial charge in [-0.05, 0) is 31.0 Å². The number of ether oxygens (including phenoxy) is 1. The molecule has 2 rings (SSSR count). The highest BCUT2D eigenvalue weighted by Crippen LogP contribution is 2.26. The van der Waals surface area contributed by atoms with Crippen molar-refractivity contribution in [3.05, 3.63) is 65.7 Å². The predicted octanol–water partition coefficient (Wildman–Crippen LogP) is 4.12. The Labute approximate surface area is 151 Å². The van der Waals surface area contributed by atoms with Gasteiger partial charge in [0, 0.05) is 19.0 Å². The Morgan fingerprint density at radius 2 is 1.72 bits per heavy atom. The first kappa shape index (κ1) is 18.8. The number of guanidine groups is 1. The number of hydrogen-bond acceptors (Lipinski definition) is 2. The molecule has 0 aliphatic carbocycles. The van der Waals surface area contributed by atoms with Crippen LogP contribution in [0.2, 0.25) is 0 Å². The van der Waals surface area contributed by atoms with Crippen LogP contribution in [0, 0.1) is 0 Å². The molecule has 4 heteroatoms. The topological polar surface area (TPSA) is 45.7 Å². The lowest BCUT2D eigenvalue weighted by molar-refractivity contribution is 0.406. The fourth-order valence-corrected chi connectivity index (χ4v) is 2.75. The average Bonchev–Trinajstić information content (AvgIpc) is 2.66. The van der Waals surface area contributed by atoms with Gasteiger partial charge in [-0.1, -0.05) is 55.5 Å². The van der Waals surface area contributed by atoms with E-state index in [1.807, 2.05) is 24.3 Å². The summed E-state index contributed by atoms with van der Waals surface area (Å²) < 4.78 is 5.46. The first-order chi connectivity index (χ1) is 12.2. The third-order valence-electron chi connectivity index (χ3n) is 4.19. The molecule has 0 aliphatic rings. The summed E-state index contributed by atoms with van der Waals surface area (Å²) in [5.41, 5.74) is 2.42. The molecular formula is C21H29N3O. The fraction of sp³-hybridized carbons (Fsp3) is 0.381. The zero-order chi connectivity index (χ0) is 18.1. The molecule has 0 radical (unpaired) electrons. The minimum Gasteiger partial charge on any atom is -0.496 e. The van der Waals surface area contributed by atoms with E-state index in [1.165, 1.54) is 11.1 Å². The molecule has 0 saturated heterocycles. The molecule has 0 fully saturated rings. The summed E-state index contributed by atoms with van der Waals surface area (Å²) in [6, 6.07) is 18.7. The first-order valence-corrected chi connectivity index (χ1v) is 8.88. The van der Waals surface area contributed by atoms with Crippen molar-refractivity contribution in [3.8, 4) is 5.75 Å². The highest BCUT2D eigenvalue weighted by atomic mass is 16.5. The van der Waals surface area contributed by atoms with Gasteiger partial charge in [0.2, 0.25) is 0 Å². The summed E-state index contributed by atoms with van der Waals surface area (Å²) in [5.74, 6) is 2.03. The van der Waals surface area contributed by atoms with E-state index in [0.717, 1.165) is 18.3 Å². The van der Waals surface area contributed by atoms with Gasteiger partial charge >= 0.3 is 0 Å². The van der Waals surface area contributed by atoms with E-state index in [9.17, 15) is 0 Å². The lowest BCUT2D eigenvalue weighted by atomic mass is 10.0. The van der Waals surface area contributed by atoms with Crippen LogP contribution in [0.4, 0.5) is 0 Å². The van der Waals surface area contributed by atoms with Crippen LogP contribution >= 0.6 is 0 Å². The second-order valence-corrected chi connectivity index (χ2v) is 6.14. The van der Waals surface area contributed by atoms with Gasteiger partial charge in [0.05, 0.1) is 13.2 Å². The maximum atomic E-state index is 5.46. The molecule has 134 valence electrons. The third kappa shape index (κ3) is 5.52. The standard InChI is InChI=1S/C21H29N3O/c1-5-22-21(24-17(3)18-11-7-6-8-12-18)23-15-16(2)19-13-9-10-14-20(19)25-4/h6-14,16-17H,5,15H2,1-4H3,(H2,22,23,24). The molecule has 0 saturated carbocycles. The third-order valence-corrected chi connectivity index (χ3v) is 4.19. The molecular weight excluding hydrogens is 310 g/mol. The molecule has 2 N–H and O–H groups in total. The normalized spacial score (nSPS) is 13.8. The van der Waals surface area contributed by atoms with Crippen molar-refractivity contribution in [1.82, 2.24) is 10.6 Å². The van der Waals surface area contributed by atoms with Gasteiger partial charge in [0.15, 0.2) is 5.96 Å². The molecule has 0 spiro atoms. The molecule has 0 aromatic heterocycles. The van der Waals surface area contributed by atoms with Crippen LogP contribution in [0.5, 0.6) is 5.75 Å². The van der Waals surface area contributed by atoms with Crippen molar-refractivity contribution < 1.29 is 4.74 Å². The van der Waals surface area contributed by atoms with E-state index < -0.39 is 0 Å². The minimum atomic E-state index is 0.195.